The highest BCUT2D eigenvalue weighted by Crippen LogP contribution is 2.18. The summed E-state index contributed by atoms with van der Waals surface area (Å²) in [5, 5.41) is 26.0. The third-order valence-corrected chi connectivity index (χ3v) is 5.27. The molecule has 1 aliphatic rings. The highest BCUT2D eigenvalue weighted by Gasteiger charge is 2.13. The van der Waals surface area contributed by atoms with Gasteiger partial charge in [0.05, 0.1) is 4.92 Å². The molecule has 2 N–H and O–H groups in total. The zero-order valence-electron chi connectivity index (χ0n) is 16.9. The molecule has 1 aliphatic carbocycles. The van der Waals surface area contributed by atoms with Gasteiger partial charge in [0.15, 0.2) is 0 Å². The second-order valence-corrected chi connectivity index (χ2v) is 7.55. The molecule has 2 rings (SSSR count). The number of nitrogens with zero attached hydrogens (tertiary/aromatic N) is 2. The molecule has 156 valence electrons. The topological polar surface area (TPSA) is 108 Å². The molecule has 0 aliphatic heterocycles. The molecule has 0 unspecified atom stereocenters. The molecule has 1 aromatic rings. The van der Waals surface area contributed by atoms with Gasteiger partial charge in [-0.05, 0) is 25.0 Å². The van der Waals surface area contributed by atoms with Gasteiger partial charge in [-0.1, -0.05) is 57.8 Å². The summed E-state index contributed by atoms with van der Waals surface area (Å²) in [6, 6.07) is 7.73. The number of anilines is 1. The number of hydrogen-bond acceptors (Lipinski definition) is 5. The van der Waals surface area contributed by atoms with Crippen LogP contribution in [0.15, 0.2) is 36.0 Å². The van der Waals surface area contributed by atoms with Crippen molar-refractivity contribution in [1.29, 1.82) is 5.26 Å². The second-order valence-electron chi connectivity index (χ2n) is 7.55. The number of non-ortho nitro benzene ring substituents is 1. The second kappa shape index (κ2) is 12.6. The van der Waals surface area contributed by atoms with Gasteiger partial charge in [-0.15, -0.1) is 0 Å². The number of rotatable bonds is 5. The summed E-state index contributed by atoms with van der Waals surface area (Å²) in [6.07, 6.45) is 14.9. The number of amides is 1. The van der Waals surface area contributed by atoms with Crippen molar-refractivity contribution in [3.8, 4) is 6.07 Å². The summed E-state index contributed by atoms with van der Waals surface area (Å²) in [7, 11) is 0. The van der Waals surface area contributed by atoms with E-state index in [9.17, 15) is 20.2 Å². The quantitative estimate of drug-likeness (QED) is 0.306. The van der Waals surface area contributed by atoms with Gasteiger partial charge < -0.3 is 10.6 Å². The lowest BCUT2D eigenvalue weighted by Crippen LogP contribution is -2.26. The SMILES string of the molecule is N#C/C(=C/NC1CCCCCCCCCCC1)C(=O)Nc1ccc([N+](=O)[O-])cc1. The first-order chi connectivity index (χ1) is 14.1. The fourth-order valence-corrected chi connectivity index (χ4v) is 3.54. The van der Waals surface area contributed by atoms with Crippen molar-refractivity contribution in [2.45, 2.75) is 76.7 Å². The Hall–Kier alpha value is -2.88. The van der Waals surface area contributed by atoms with E-state index >= 15 is 0 Å². The van der Waals surface area contributed by atoms with Crippen molar-refractivity contribution < 1.29 is 9.72 Å². The predicted octanol–water partition coefficient (Wildman–Crippen LogP) is 5.20. The van der Waals surface area contributed by atoms with E-state index in [0.29, 0.717) is 5.69 Å². The third-order valence-electron chi connectivity index (χ3n) is 5.27. The molecule has 0 radical (unpaired) electrons. The standard InChI is InChI=1S/C22H30N4O3/c23-16-18(22(27)25-20-12-14-21(15-13-20)26(28)29)17-24-19-10-8-6-4-2-1-3-5-7-9-11-19/h12-15,17,19,24H,1-11H2,(H,25,27)/b18-17-. The minimum Gasteiger partial charge on any atom is -0.387 e. The number of carbonyl (C=O) groups excluding carboxylic acids is 1. The Morgan fingerprint density at radius 1 is 1.00 bits per heavy atom. The van der Waals surface area contributed by atoms with Crippen LogP contribution < -0.4 is 10.6 Å². The Bertz CT molecular complexity index is 725. The molecule has 0 heterocycles. The van der Waals surface area contributed by atoms with Gasteiger partial charge in [0.25, 0.3) is 11.6 Å². The predicted molar refractivity (Wildman–Crippen MR) is 113 cm³/mol. The van der Waals surface area contributed by atoms with Crippen LogP contribution in [0.25, 0.3) is 0 Å². The van der Waals surface area contributed by atoms with E-state index in [1.807, 2.05) is 6.07 Å². The first-order valence-corrected chi connectivity index (χ1v) is 10.5. The summed E-state index contributed by atoms with van der Waals surface area (Å²) in [4.78, 5) is 22.6. The van der Waals surface area contributed by atoms with Gasteiger partial charge in [-0.25, -0.2) is 0 Å². The Kier molecular flexibility index (Phi) is 9.70. The highest BCUT2D eigenvalue weighted by atomic mass is 16.6. The average Bonchev–Trinajstić information content (AvgIpc) is 2.70. The molecule has 0 spiro atoms. The molecule has 1 amide bonds. The molecule has 1 fully saturated rings. The van der Waals surface area contributed by atoms with E-state index in [0.717, 1.165) is 25.7 Å². The fraction of sp³-hybridized carbons (Fsp3) is 0.545. The van der Waals surface area contributed by atoms with Gasteiger partial charge in [0.2, 0.25) is 0 Å². The van der Waals surface area contributed by atoms with E-state index in [1.165, 1.54) is 75.4 Å². The molecule has 7 nitrogen and oxygen atoms in total. The van der Waals surface area contributed by atoms with Crippen LogP contribution >= 0.6 is 0 Å². The molecule has 29 heavy (non-hydrogen) atoms. The summed E-state index contributed by atoms with van der Waals surface area (Å²) in [6.45, 7) is 0. The number of nitro groups is 1. The van der Waals surface area contributed by atoms with E-state index in [1.54, 1.807) is 0 Å². The summed E-state index contributed by atoms with van der Waals surface area (Å²) >= 11 is 0. The van der Waals surface area contributed by atoms with Crippen LogP contribution in [0.3, 0.4) is 0 Å². The molecule has 0 saturated heterocycles. The Balaban J connectivity index is 1.92. The molecule has 1 saturated carbocycles. The first kappa shape index (κ1) is 22.4. The van der Waals surface area contributed by atoms with Crippen LogP contribution in [0.2, 0.25) is 0 Å². The number of carbonyl (C=O) groups is 1. The number of benzene rings is 1. The van der Waals surface area contributed by atoms with Crippen molar-refractivity contribution in [3.63, 3.8) is 0 Å². The fourth-order valence-electron chi connectivity index (χ4n) is 3.54. The largest absolute Gasteiger partial charge is 0.387 e. The minimum absolute atomic E-state index is 0.00512. The number of nitro benzene ring substituents is 1. The van der Waals surface area contributed by atoms with Crippen molar-refractivity contribution in [2.24, 2.45) is 0 Å². The molecule has 0 aromatic heterocycles. The molecule has 7 heteroatoms. The van der Waals surface area contributed by atoms with Gasteiger partial charge >= 0.3 is 0 Å². The maximum atomic E-state index is 12.4. The molecule has 0 bridgehead atoms. The number of nitriles is 1. The van der Waals surface area contributed by atoms with E-state index < -0.39 is 10.8 Å². The van der Waals surface area contributed by atoms with Crippen LogP contribution in [0, 0.1) is 21.4 Å². The molecular formula is C22H30N4O3. The monoisotopic (exact) mass is 398 g/mol. The van der Waals surface area contributed by atoms with Gasteiger partial charge in [0, 0.05) is 30.1 Å². The number of nitrogens with one attached hydrogen (secondary N) is 2. The zero-order chi connectivity index (χ0) is 20.9. The average molecular weight is 399 g/mol. The normalized spacial score (nSPS) is 17.3. The van der Waals surface area contributed by atoms with Crippen molar-refractivity contribution in [2.75, 3.05) is 5.32 Å². The molecular weight excluding hydrogens is 368 g/mol. The summed E-state index contributed by atoms with van der Waals surface area (Å²) in [5.74, 6) is -0.526. The van der Waals surface area contributed by atoms with Crippen molar-refractivity contribution in [3.05, 3.63) is 46.2 Å². The van der Waals surface area contributed by atoms with Crippen LogP contribution in [-0.2, 0) is 4.79 Å². The lowest BCUT2D eigenvalue weighted by molar-refractivity contribution is -0.384. The molecule has 1 aromatic carbocycles. The summed E-state index contributed by atoms with van der Waals surface area (Å²) < 4.78 is 0. The van der Waals surface area contributed by atoms with Gasteiger partial charge in [-0.2, -0.15) is 5.26 Å². The van der Waals surface area contributed by atoms with Crippen molar-refractivity contribution in [1.82, 2.24) is 5.32 Å². The zero-order valence-corrected chi connectivity index (χ0v) is 16.9. The lowest BCUT2D eigenvalue weighted by atomic mass is 9.98. The highest BCUT2D eigenvalue weighted by molar-refractivity contribution is 6.06. The summed E-state index contributed by atoms with van der Waals surface area (Å²) in [5.41, 5.74) is 0.352. The van der Waals surface area contributed by atoms with E-state index in [4.69, 9.17) is 0 Å². The van der Waals surface area contributed by atoms with Crippen LogP contribution in [-0.4, -0.2) is 16.9 Å². The first-order valence-electron chi connectivity index (χ1n) is 10.5. The lowest BCUT2D eigenvalue weighted by Gasteiger charge is -2.18. The Morgan fingerprint density at radius 3 is 2.00 bits per heavy atom. The van der Waals surface area contributed by atoms with Crippen molar-refractivity contribution >= 4 is 17.3 Å². The van der Waals surface area contributed by atoms with Gasteiger partial charge in [0.1, 0.15) is 11.6 Å². The van der Waals surface area contributed by atoms with E-state index in [-0.39, 0.29) is 17.3 Å². The third kappa shape index (κ3) is 8.34. The smallest absolute Gasteiger partial charge is 0.269 e. The van der Waals surface area contributed by atoms with Crippen LogP contribution in [0.4, 0.5) is 11.4 Å². The maximum absolute atomic E-state index is 12.4. The van der Waals surface area contributed by atoms with Crippen LogP contribution in [0.5, 0.6) is 0 Å². The molecule has 0 atom stereocenters. The van der Waals surface area contributed by atoms with Crippen LogP contribution in [0.1, 0.15) is 70.6 Å². The number of hydrogen-bond donors (Lipinski definition) is 2. The van der Waals surface area contributed by atoms with Gasteiger partial charge in [-0.3, -0.25) is 14.9 Å². The Morgan fingerprint density at radius 2 is 1.52 bits per heavy atom. The van der Waals surface area contributed by atoms with E-state index in [2.05, 4.69) is 10.6 Å². The minimum atomic E-state index is -0.526. The maximum Gasteiger partial charge on any atom is 0.269 e. The Labute approximate surface area is 172 Å².